The Morgan fingerprint density at radius 2 is 1.81 bits per heavy atom. The van der Waals surface area contributed by atoms with Crippen molar-refractivity contribution in [3.05, 3.63) is 54.3 Å². The average Bonchev–Trinajstić information content (AvgIpc) is 3.31. The van der Waals surface area contributed by atoms with Gasteiger partial charge < -0.3 is 10.1 Å². The summed E-state index contributed by atoms with van der Waals surface area (Å²) in [5.74, 6) is -0.480. The molecular formula is C22H28FN3O4S. The molecule has 0 unspecified atom stereocenters. The molecule has 1 saturated heterocycles. The minimum atomic E-state index is -3.48. The number of likely N-dealkylation sites (N-methyl/N-ethyl adjacent to an activating group) is 1. The van der Waals surface area contributed by atoms with Crippen LogP contribution in [0.15, 0.2) is 53.4 Å². The molecule has 2 aromatic carbocycles. The van der Waals surface area contributed by atoms with Crippen molar-refractivity contribution in [3.8, 4) is 5.75 Å². The van der Waals surface area contributed by atoms with Crippen molar-refractivity contribution in [1.82, 2.24) is 9.21 Å². The molecule has 0 aliphatic carbocycles. The van der Waals surface area contributed by atoms with Crippen LogP contribution >= 0.6 is 0 Å². The fourth-order valence-corrected chi connectivity index (χ4v) is 4.81. The summed E-state index contributed by atoms with van der Waals surface area (Å²) in [4.78, 5) is 14.6. The lowest BCUT2D eigenvalue weighted by molar-refractivity contribution is -0.120. The molecule has 0 spiro atoms. The Kier molecular flexibility index (Phi) is 7.64. The first-order valence-electron chi connectivity index (χ1n) is 10.3. The van der Waals surface area contributed by atoms with E-state index in [1.54, 1.807) is 49.2 Å². The van der Waals surface area contributed by atoms with E-state index >= 15 is 0 Å². The van der Waals surface area contributed by atoms with E-state index in [1.807, 2.05) is 0 Å². The molecule has 1 amide bonds. The highest BCUT2D eigenvalue weighted by molar-refractivity contribution is 7.89. The molecule has 0 bridgehead atoms. The van der Waals surface area contributed by atoms with E-state index in [9.17, 15) is 17.6 Å². The van der Waals surface area contributed by atoms with E-state index in [0.29, 0.717) is 25.3 Å². The van der Waals surface area contributed by atoms with Gasteiger partial charge in [-0.3, -0.25) is 9.69 Å². The van der Waals surface area contributed by atoms with Gasteiger partial charge in [0, 0.05) is 25.3 Å². The minimum absolute atomic E-state index is 0.178. The molecule has 1 atom stereocenters. The van der Waals surface area contributed by atoms with E-state index < -0.39 is 21.9 Å². The Hall–Kier alpha value is -2.49. The van der Waals surface area contributed by atoms with Crippen LogP contribution in [0, 0.1) is 5.82 Å². The molecule has 0 saturated carbocycles. The van der Waals surface area contributed by atoms with Gasteiger partial charge in [-0.05, 0) is 63.2 Å². The highest BCUT2D eigenvalue weighted by Crippen LogP contribution is 2.22. The number of nitrogens with zero attached hydrogens (tertiary/aromatic N) is 2. The molecule has 31 heavy (non-hydrogen) atoms. The van der Waals surface area contributed by atoms with Crippen LogP contribution in [-0.2, 0) is 14.8 Å². The first-order valence-corrected chi connectivity index (χ1v) is 11.7. The first kappa shape index (κ1) is 23.2. The maximum atomic E-state index is 13.6. The predicted molar refractivity (Wildman–Crippen MR) is 117 cm³/mol. The third-order valence-electron chi connectivity index (χ3n) is 5.40. The van der Waals surface area contributed by atoms with Crippen molar-refractivity contribution >= 4 is 21.6 Å². The molecule has 168 valence electrons. The lowest BCUT2D eigenvalue weighted by Gasteiger charge is -2.24. The number of ether oxygens (including phenoxy) is 1. The van der Waals surface area contributed by atoms with Gasteiger partial charge >= 0.3 is 0 Å². The number of benzene rings is 2. The number of hydrogen-bond acceptors (Lipinski definition) is 5. The van der Waals surface area contributed by atoms with Crippen molar-refractivity contribution in [3.63, 3.8) is 0 Å². The van der Waals surface area contributed by atoms with Gasteiger partial charge in [0.25, 0.3) is 0 Å². The number of amides is 1. The summed E-state index contributed by atoms with van der Waals surface area (Å²) in [7, 11) is -1.70. The van der Waals surface area contributed by atoms with Crippen LogP contribution in [0.3, 0.4) is 0 Å². The molecule has 1 aliphatic rings. The topological polar surface area (TPSA) is 79.0 Å². The van der Waals surface area contributed by atoms with Crippen molar-refractivity contribution in [2.45, 2.75) is 30.7 Å². The van der Waals surface area contributed by atoms with Crippen LogP contribution in [-0.4, -0.2) is 62.9 Å². The molecule has 0 radical (unpaired) electrons. The summed E-state index contributed by atoms with van der Waals surface area (Å²) >= 11 is 0. The number of hydrogen-bond donors (Lipinski definition) is 1. The van der Waals surface area contributed by atoms with Gasteiger partial charge in [0.2, 0.25) is 15.9 Å². The second-order valence-corrected chi connectivity index (χ2v) is 9.50. The van der Waals surface area contributed by atoms with Gasteiger partial charge in [-0.2, -0.15) is 4.31 Å². The summed E-state index contributed by atoms with van der Waals surface area (Å²) in [5, 5.41) is 2.80. The molecule has 1 heterocycles. The van der Waals surface area contributed by atoms with E-state index in [2.05, 4.69) is 5.32 Å². The van der Waals surface area contributed by atoms with Gasteiger partial charge in [0.05, 0.1) is 10.9 Å². The van der Waals surface area contributed by atoms with Crippen LogP contribution in [0.25, 0.3) is 0 Å². The van der Waals surface area contributed by atoms with E-state index in [-0.39, 0.29) is 23.2 Å². The number of para-hydroxylation sites is 1. The predicted octanol–water partition coefficient (Wildman–Crippen LogP) is 2.95. The second kappa shape index (κ2) is 10.2. The molecule has 1 aliphatic heterocycles. The third kappa shape index (κ3) is 5.81. The smallest absolute Gasteiger partial charge is 0.243 e. The summed E-state index contributed by atoms with van der Waals surface area (Å²) in [5.41, 5.74) is 0.522. The zero-order chi connectivity index (χ0) is 22.4. The average molecular weight is 450 g/mol. The van der Waals surface area contributed by atoms with Gasteiger partial charge in [-0.25, -0.2) is 12.8 Å². The quantitative estimate of drug-likeness (QED) is 0.637. The lowest BCUT2D eigenvalue weighted by atomic mass is 10.2. The standard InChI is InChI=1S/C22H28FN3O4S/c1-17(25(2)15-16-30-21-8-4-3-7-20(21)23)22(27)24-18-9-11-19(12-10-18)31(28,29)26-13-5-6-14-26/h3-4,7-12,17H,5-6,13-16H2,1-2H3,(H,24,27)/t17-/m1/s1. The zero-order valence-corrected chi connectivity index (χ0v) is 18.6. The molecular weight excluding hydrogens is 421 g/mol. The zero-order valence-electron chi connectivity index (χ0n) is 17.8. The van der Waals surface area contributed by atoms with Crippen LogP contribution in [0.1, 0.15) is 19.8 Å². The largest absolute Gasteiger partial charge is 0.489 e. The highest BCUT2D eigenvalue weighted by atomic mass is 32.2. The van der Waals surface area contributed by atoms with Gasteiger partial charge in [0.15, 0.2) is 11.6 Å². The molecule has 1 fully saturated rings. The fraction of sp³-hybridized carbons (Fsp3) is 0.409. The van der Waals surface area contributed by atoms with E-state index in [4.69, 9.17) is 4.74 Å². The van der Waals surface area contributed by atoms with Gasteiger partial charge in [-0.1, -0.05) is 12.1 Å². The molecule has 7 nitrogen and oxygen atoms in total. The monoisotopic (exact) mass is 449 g/mol. The Bertz CT molecular complexity index is 992. The summed E-state index contributed by atoms with van der Waals surface area (Å²) < 4.78 is 45.7. The Balaban J connectivity index is 1.51. The first-order chi connectivity index (χ1) is 14.8. The van der Waals surface area contributed by atoms with Crippen molar-refractivity contribution in [2.75, 3.05) is 38.6 Å². The Morgan fingerprint density at radius 1 is 1.16 bits per heavy atom. The van der Waals surface area contributed by atoms with Crippen molar-refractivity contribution in [1.29, 1.82) is 0 Å². The second-order valence-electron chi connectivity index (χ2n) is 7.56. The van der Waals surface area contributed by atoms with Crippen LogP contribution < -0.4 is 10.1 Å². The van der Waals surface area contributed by atoms with Crippen LogP contribution in [0.4, 0.5) is 10.1 Å². The lowest BCUT2D eigenvalue weighted by Crippen LogP contribution is -2.41. The Morgan fingerprint density at radius 3 is 2.45 bits per heavy atom. The number of carbonyl (C=O) groups is 1. The number of sulfonamides is 1. The molecule has 2 aromatic rings. The van der Waals surface area contributed by atoms with Crippen molar-refractivity contribution in [2.24, 2.45) is 0 Å². The molecule has 3 rings (SSSR count). The third-order valence-corrected chi connectivity index (χ3v) is 7.32. The molecule has 9 heteroatoms. The number of halogens is 1. The minimum Gasteiger partial charge on any atom is -0.489 e. The summed E-state index contributed by atoms with van der Waals surface area (Å²) in [6.45, 7) is 3.51. The number of carbonyl (C=O) groups excluding carboxylic acids is 1. The summed E-state index contributed by atoms with van der Waals surface area (Å²) in [6.07, 6.45) is 1.76. The van der Waals surface area contributed by atoms with E-state index in [0.717, 1.165) is 12.8 Å². The fourth-order valence-electron chi connectivity index (χ4n) is 3.29. The molecule has 0 aromatic heterocycles. The van der Waals surface area contributed by atoms with Gasteiger partial charge in [0.1, 0.15) is 6.61 Å². The van der Waals surface area contributed by atoms with E-state index in [1.165, 1.54) is 22.5 Å². The maximum Gasteiger partial charge on any atom is 0.243 e. The van der Waals surface area contributed by atoms with Crippen LogP contribution in [0.5, 0.6) is 5.75 Å². The highest BCUT2D eigenvalue weighted by Gasteiger charge is 2.27. The number of anilines is 1. The molecule has 1 N–H and O–H groups in total. The number of nitrogens with one attached hydrogen (secondary N) is 1. The maximum absolute atomic E-state index is 13.6. The SMILES string of the molecule is C[C@H](C(=O)Nc1ccc(S(=O)(=O)N2CCCC2)cc1)N(C)CCOc1ccccc1F. The van der Waals surface area contributed by atoms with Crippen LogP contribution in [0.2, 0.25) is 0 Å². The normalized spacial score (nSPS) is 15.7. The van der Waals surface area contributed by atoms with Crippen molar-refractivity contribution < 1.29 is 22.3 Å². The Labute approximate surface area is 182 Å². The number of rotatable bonds is 9. The summed E-state index contributed by atoms with van der Waals surface area (Å²) in [6, 6.07) is 11.9. The van der Waals surface area contributed by atoms with Gasteiger partial charge in [-0.15, -0.1) is 0 Å².